The molecule has 0 heterocycles. The molecule has 0 fully saturated rings. The maximum absolute atomic E-state index is 9.15. The zero-order chi connectivity index (χ0) is 12.0. The Bertz CT molecular complexity index is 387. The van der Waals surface area contributed by atoms with Gasteiger partial charge in [-0.15, -0.1) is 0 Å². The van der Waals surface area contributed by atoms with E-state index in [4.69, 9.17) is 10.8 Å². The number of nitrogens with two attached hydrogens (primary N) is 1. The number of thiocarbonyl (C=S) groups is 1. The molecule has 0 saturated heterocycles. The van der Waals surface area contributed by atoms with E-state index in [9.17, 15) is 0 Å². The lowest BCUT2D eigenvalue weighted by Crippen LogP contribution is -2.25. The largest absolute Gasteiger partial charge is 0.508 e. The van der Waals surface area contributed by atoms with Gasteiger partial charge in [-0.3, -0.25) is 5.43 Å². The van der Waals surface area contributed by atoms with Crippen LogP contribution in [0.25, 0.3) is 0 Å². The number of aromatic hydroxyl groups is 1. The molecule has 1 aromatic rings. The molecule has 86 valence electrons. The lowest BCUT2D eigenvalue weighted by Gasteiger charge is -2.05. The summed E-state index contributed by atoms with van der Waals surface area (Å²) >= 11 is 4.67. The van der Waals surface area contributed by atoms with Gasteiger partial charge in [0.15, 0.2) is 5.11 Å². The summed E-state index contributed by atoms with van der Waals surface area (Å²) in [5.74, 6) is 0.264. The molecular formula is C11H15N3OS. The third kappa shape index (κ3) is 4.27. The molecule has 0 atom stereocenters. The molecule has 16 heavy (non-hydrogen) atoms. The number of hydrogen-bond acceptors (Lipinski definition) is 3. The van der Waals surface area contributed by atoms with Crippen LogP contribution in [0.1, 0.15) is 18.9 Å². The van der Waals surface area contributed by atoms with Crippen LogP contribution < -0.4 is 11.2 Å². The van der Waals surface area contributed by atoms with Crippen molar-refractivity contribution in [1.82, 2.24) is 5.43 Å². The lowest BCUT2D eigenvalue weighted by molar-refractivity contribution is 0.475. The van der Waals surface area contributed by atoms with Gasteiger partial charge in [0.25, 0.3) is 0 Å². The van der Waals surface area contributed by atoms with Crippen molar-refractivity contribution in [2.24, 2.45) is 10.8 Å². The first kappa shape index (κ1) is 12.4. The molecule has 0 spiro atoms. The molecule has 0 bridgehead atoms. The van der Waals surface area contributed by atoms with Crippen molar-refractivity contribution in [2.75, 3.05) is 0 Å². The van der Waals surface area contributed by atoms with Crippen molar-refractivity contribution in [3.8, 4) is 5.75 Å². The van der Waals surface area contributed by atoms with Crippen LogP contribution in [0.15, 0.2) is 29.4 Å². The van der Waals surface area contributed by atoms with E-state index >= 15 is 0 Å². The molecular weight excluding hydrogens is 222 g/mol. The molecule has 0 amide bonds. The van der Waals surface area contributed by atoms with E-state index in [0.29, 0.717) is 6.42 Å². The number of nitrogens with one attached hydrogen (secondary N) is 1. The summed E-state index contributed by atoms with van der Waals surface area (Å²) < 4.78 is 0. The minimum atomic E-state index is 0.164. The van der Waals surface area contributed by atoms with Crippen molar-refractivity contribution in [3.63, 3.8) is 0 Å². The average Bonchev–Trinajstić information content (AvgIpc) is 2.26. The summed E-state index contributed by atoms with van der Waals surface area (Å²) in [6.07, 6.45) is 1.53. The number of benzene rings is 1. The SMILES string of the molecule is CC/C(Cc1ccc(O)cc1)=N/NC(N)=S. The van der Waals surface area contributed by atoms with Gasteiger partial charge in [0.05, 0.1) is 0 Å². The van der Waals surface area contributed by atoms with Crippen LogP contribution in [-0.2, 0) is 6.42 Å². The topological polar surface area (TPSA) is 70.6 Å². The predicted octanol–water partition coefficient (Wildman–Crippen LogP) is 1.53. The van der Waals surface area contributed by atoms with Crippen LogP contribution in [0.4, 0.5) is 0 Å². The fourth-order valence-electron chi connectivity index (χ4n) is 1.23. The molecule has 0 unspecified atom stereocenters. The lowest BCUT2D eigenvalue weighted by atomic mass is 10.1. The molecule has 0 aromatic heterocycles. The fourth-order valence-corrected chi connectivity index (χ4v) is 1.27. The van der Waals surface area contributed by atoms with Gasteiger partial charge in [0.2, 0.25) is 0 Å². The minimum absolute atomic E-state index is 0.164. The van der Waals surface area contributed by atoms with Gasteiger partial charge < -0.3 is 10.8 Å². The van der Waals surface area contributed by atoms with Crippen LogP contribution in [-0.4, -0.2) is 15.9 Å². The number of phenolic OH excluding ortho intramolecular Hbond substituents is 1. The number of rotatable bonds is 4. The summed E-state index contributed by atoms with van der Waals surface area (Å²) in [5.41, 5.74) is 9.91. The summed E-state index contributed by atoms with van der Waals surface area (Å²) in [7, 11) is 0. The van der Waals surface area contributed by atoms with Gasteiger partial charge in [-0.25, -0.2) is 0 Å². The van der Waals surface area contributed by atoms with Crippen molar-refractivity contribution >= 4 is 23.0 Å². The van der Waals surface area contributed by atoms with Crippen LogP contribution in [0.2, 0.25) is 0 Å². The Morgan fingerprint density at radius 3 is 2.56 bits per heavy atom. The minimum Gasteiger partial charge on any atom is -0.508 e. The van der Waals surface area contributed by atoms with Gasteiger partial charge in [0, 0.05) is 12.1 Å². The quantitative estimate of drug-likeness (QED) is 0.422. The monoisotopic (exact) mass is 237 g/mol. The standard InChI is InChI=1S/C11H15N3OS/c1-2-9(13-14-11(12)16)7-8-3-5-10(15)6-4-8/h3-6,15H,2,7H2,1H3,(H3,12,14,16)/b13-9-. The average molecular weight is 237 g/mol. The highest BCUT2D eigenvalue weighted by Gasteiger charge is 2.00. The molecule has 1 rings (SSSR count). The smallest absolute Gasteiger partial charge is 0.184 e. The van der Waals surface area contributed by atoms with Crippen molar-refractivity contribution in [2.45, 2.75) is 19.8 Å². The number of phenols is 1. The summed E-state index contributed by atoms with van der Waals surface area (Å²) in [6, 6.07) is 7.04. The van der Waals surface area contributed by atoms with E-state index in [-0.39, 0.29) is 10.9 Å². The van der Waals surface area contributed by atoms with Gasteiger partial charge in [-0.05, 0) is 36.3 Å². The van der Waals surface area contributed by atoms with Crippen LogP contribution in [0.3, 0.4) is 0 Å². The highest BCUT2D eigenvalue weighted by Crippen LogP contribution is 2.11. The number of nitrogens with zero attached hydrogens (tertiary/aromatic N) is 1. The molecule has 0 radical (unpaired) electrons. The van der Waals surface area contributed by atoms with E-state index < -0.39 is 0 Å². The Balaban J connectivity index is 2.66. The first-order valence-corrected chi connectivity index (χ1v) is 5.41. The molecule has 4 nitrogen and oxygen atoms in total. The van der Waals surface area contributed by atoms with Crippen LogP contribution >= 0.6 is 12.2 Å². The van der Waals surface area contributed by atoms with Crippen molar-refractivity contribution < 1.29 is 5.11 Å². The van der Waals surface area contributed by atoms with E-state index in [1.807, 2.05) is 19.1 Å². The van der Waals surface area contributed by atoms with E-state index in [1.54, 1.807) is 12.1 Å². The second kappa shape index (κ2) is 6.07. The normalized spacial score (nSPS) is 11.2. The maximum Gasteiger partial charge on any atom is 0.184 e. The second-order valence-electron chi connectivity index (χ2n) is 3.35. The Morgan fingerprint density at radius 1 is 1.44 bits per heavy atom. The van der Waals surface area contributed by atoms with Crippen molar-refractivity contribution in [3.05, 3.63) is 29.8 Å². The van der Waals surface area contributed by atoms with Gasteiger partial charge in [-0.1, -0.05) is 19.1 Å². The first-order chi connectivity index (χ1) is 7.61. The van der Waals surface area contributed by atoms with Crippen molar-refractivity contribution in [1.29, 1.82) is 0 Å². The van der Waals surface area contributed by atoms with E-state index in [1.165, 1.54) is 0 Å². The summed E-state index contributed by atoms with van der Waals surface area (Å²) in [6.45, 7) is 2.01. The second-order valence-corrected chi connectivity index (χ2v) is 3.79. The van der Waals surface area contributed by atoms with Gasteiger partial charge in [0.1, 0.15) is 5.75 Å². The highest BCUT2D eigenvalue weighted by atomic mass is 32.1. The van der Waals surface area contributed by atoms with Crippen LogP contribution in [0, 0.1) is 0 Å². The summed E-state index contributed by atoms with van der Waals surface area (Å²) in [4.78, 5) is 0. The molecule has 0 aliphatic carbocycles. The zero-order valence-electron chi connectivity index (χ0n) is 9.10. The van der Waals surface area contributed by atoms with Gasteiger partial charge >= 0.3 is 0 Å². The molecule has 5 heteroatoms. The third-order valence-corrected chi connectivity index (χ3v) is 2.17. The van der Waals surface area contributed by atoms with Crippen LogP contribution in [0.5, 0.6) is 5.75 Å². The van der Waals surface area contributed by atoms with E-state index in [0.717, 1.165) is 17.7 Å². The molecule has 0 aliphatic rings. The Labute approximate surface area is 100 Å². The Kier molecular flexibility index (Phi) is 4.72. The molecule has 0 aliphatic heterocycles. The third-order valence-electron chi connectivity index (χ3n) is 2.08. The highest BCUT2D eigenvalue weighted by molar-refractivity contribution is 7.80. The molecule has 4 N–H and O–H groups in total. The number of hydrogen-bond donors (Lipinski definition) is 3. The van der Waals surface area contributed by atoms with Gasteiger partial charge in [-0.2, -0.15) is 5.10 Å². The Morgan fingerprint density at radius 2 is 2.06 bits per heavy atom. The zero-order valence-corrected chi connectivity index (χ0v) is 9.92. The number of hydrazone groups is 1. The predicted molar refractivity (Wildman–Crippen MR) is 69.5 cm³/mol. The Hall–Kier alpha value is -1.62. The maximum atomic E-state index is 9.15. The molecule has 1 aromatic carbocycles. The fraction of sp³-hybridized carbons (Fsp3) is 0.273. The summed E-state index contributed by atoms with van der Waals surface area (Å²) in [5, 5.41) is 13.4. The van der Waals surface area contributed by atoms with E-state index in [2.05, 4.69) is 22.7 Å². The first-order valence-electron chi connectivity index (χ1n) is 5.00. The molecule has 0 saturated carbocycles.